The van der Waals surface area contributed by atoms with Crippen LogP contribution in [0.2, 0.25) is 0 Å². The van der Waals surface area contributed by atoms with Gasteiger partial charge in [-0.05, 0) is 29.7 Å². The van der Waals surface area contributed by atoms with Gasteiger partial charge in [-0.15, -0.1) is 0 Å². The largest absolute Gasteiger partial charge is 0.445 e. The first-order valence-electron chi connectivity index (χ1n) is 8.36. The van der Waals surface area contributed by atoms with Crippen molar-refractivity contribution in [3.8, 4) is 0 Å². The molecule has 0 aliphatic heterocycles. The van der Waals surface area contributed by atoms with Gasteiger partial charge in [0.15, 0.2) is 0 Å². The highest BCUT2D eigenvalue weighted by molar-refractivity contribution is 9.10. The SMILES string of the molecule is O=C(NCCC(O)C(O)c1ccc(Br)c(C(F)(F)F)c1)OCc1ccccc1. The molecule has 0 bridgehead atoms. The number of alkyl halides is 3. The second-order valence-corrected chi connectivity index (χ2v) is 6.88. The van der Waals surface area contributed by atoms with Gasteiger partial charge < -0.3 is 20.3 Å². The molecule has 2 atom stereocenters. The van der Waals surface area contributed by atoms with Crippen LogP contribution in [0.4, 0.5) is 18.0 Å². The summed E-state index contributed by atoms with van der Waals surface area (Å²) in [6, 6.07) is 12.3. The number of aliphatic hydroxyl groups excluding tert-OH is 2. The van der Waals surface area contributed by atoms with Gasteiger partial charge >= 0.3 is 12.3 Å². The third-order valence-corrected chi connectivity index (χ3v) is 4.62. The van der Waals surface area contributed by atoms with E-state index in [1.54, 1.807) is 24.3 Å². The van der Waals surface area contributed by atoms with E-state index in [1.807, 2.05) is 6.07 Å². The maximum Gasteiger partial charge on any atom is 0.417 e. The van der Waals surface area contributed by atoms with Crippen LogP contribution in [-0.2, 0) is 17.5 Å². The quantitative estimate of drug-likeness (QED) is 0.577. The van der Waals surface area contributed by atoms with Gasteiger partial charge in [-0.1, -0.05) is 52.3 Å². The number of ether oxygens (including phenoxy) is 1. The van der Waals surface area contributed by atoms with Gasteiger partial charge in [0.05, 0.1) is 11.7 Å². The highest BCUT2D eigenvalue weighted by atomic mass is 79.9. The third kappa shape index (κ3) is 6.50. The first-order chi connectivity index (χ1) is 13.2. The summed E-state index contributed by atoms with van der Waals surface area (Å²) < 4.78 is 43.7. The predicted octanol–water partition coefficient (Wildman–Crippen LogP) is 4.18. The summed E-state index contributed by atoms with van der Waals surface area (Å²) in [6.45, 7) is 0.0610. The second kappa shape index (κ2) is 9.90. The molecule has 2 rings (SSSR count). The predicted molar refractivity (Wildman–Crippen MR) is 99.4 cm³/mol. The monoisotopic (exact) mass is 461 g/mol. The molecule has 0 aliphatic rings. The molecule has 0 radical (unpaired) electrons. The number of halogens is 4. The minimum Gasteiger partial charge on any atom is -0.445 e. The lowest BCUT2D eigenvalue weighted by Gasteiger charge is -2.20. The Labute approximate surface area is 168 Å². The summed E-state index contributed by atoms with van der Waals surface area (Å²) in [5.74, 6) is 0. The second-order valence-electron chi connectivity index (χ2n) is 6.03. The Kier molecular flexibility index (Phi) is 7.85. The van der Waals surface area contributed by atoms with E-state index >= 15 is 0 Å². The van der Waals surface area contributed by atoms with Crippen molar-refractivity contribution in [3.63, 3.8) is 0 Å². The summed E-state index contributed by atoms with van der Waals surface area (Å²) in [4.78, 5) is 11.6. The maximum absolute atomic E-state index is 12.9. The summed E-state index contributed by atoms with van der Waals surface area (Å²) >= 11 is 2.82. The number of rotatable bonds is 7. The van der Waals surface area contributed by atoms with Crippen LogP contribution in [0.25, 0.3) is 0 Å². The fourth-order valence-corrected chi connectivity index (χ4v) is 2.89. The maximum atomic E-state index is 12.9. The molecule has 2 aromatic rings. The Morgan fingerprint density at radius 2 is 1.82 bits per heavy atom. The van der Waals surface area contributed by atoms with Crippen LogP contribution >= 0.6 is 15.9 Å². The van der Waals surface area contributed by atoms with E-state index in [0.29, 0.717) is 0 Å². The number of hydrogen-bond donors (Lipinski definition) is 3. The number of carbonyl (C=O) groups is 1. The Balaban J connectivity index is 1.82. The molecule has 3 N–H and O–H groups in total. The van der Waals surface area contributed by atoms with Crippen LogP contribution in [0.3, 0.4) is 0 Å². The zero-order chi connectivity index (χ0) is 20.7. The van der Waals surface area contributed by atoms with Crippen molar-refractivity contribution in [1.82, 2.24) is 5.32 Å². The molecule has 0 aromatic heterocycles. The number of benzene rings is 2. The molecule has 2 aromatic carbocycles. The van der Waals surface area contributed by atoms with Crippen molar-refractivity contribution < 1.29 is 32.9 Å². The summed E-state index contributed by atoms with van der Waals surface area (Å²) in [5, 5.41) is 22.5. The van der Waals surface area contributed by atoms with Crippen LogP contribution in [-0.4, -0.2) is 29.0 Å². The topological polar surface area (TPSA) is 78.8 Å². The molecule has 152 valence electrons. The molecule has 1 amide bonds. The zero-order valence-electron chi connectivity index (χ0n) is 14.6. The van der Waals surface area contributed by atoms with E-state index in [0.717, 1.165) is 17.7 Å². The molecule has 0 spiro atoms. The minimum absolute atomic E-state index is 0.0193. The van der Waals surface area contributed by atoms with Crippen LogP contribution in [0.15, 0.2) is 53.0 Å². The lowest BCUT2D eigenvalue weighted by molar-refractivity contribution is -0.138. The van der Waals surface area contributed by atoms with Gasteiger partial charge in [-0.2, -0.15) is 13.2 Å². The van der Waals surface area contributed by atoms with Gasteiger partial charge in [-0.25, -0.2) is 4.79 Å². The molecule has 0 heterocycles. The average molecular weight is 462 g/mol. The van der Waals surface area contributed by atoms with E-state index in [2.05, 4.69) is 21.2 Å². The van der Waals surface area contributed by atoms with E-state index in [9.17, 15) is 28.2 Å². The number of aliphatic hydroxyl groups is 2. The highest BCUT2D eigenvalue weighted by Crippen LogP contribution is 2.36. The molecule has 0 aliphatic carbocycles. The van der Waals surface area contributed by atoms with Crippen molar-refractivity contribution in [1.29, 1.82) is 0 Å². The van der Waals surface area contributed by atoms with E-state index < -0.39 is 30.0 Å². The van der Waals surface area contributed by atoms with Gasteiger partial charge in [0.25, 0.3) is 0 Å². The first kappa shape index (κ1) is 22.2. The molecule has 0 saturated heterocycles. The number of hydrogen-bond acceptors (Lipinski definition) is 4. The van der Waals surface area contributed by atoms with Crippen LogP contribution < -0.4 is 5.32 Å². The number of alkyl carbamates (subject to hydrolysis) is 1. The van der Waals surface area contributed by atoms with Crippen molar-refractivity contribution in [2.45, 2.75) is 31.4 Å². The Morgan fingerprint density at radius 3 is 2.46 bits per heavy atom. The zero-order valence-corrected chi connectivity index (χ0v) is 16.2. The van der Waals surface area contributed by atoms with E-state index in [-0.39, 0.29) is 29.6 Å². The molecular weight excluding hydrogens is 443 g/mol. The number of nitrogens with one attached hydrogen (secondary N) is 1. The summed E-state index contributed by atoms with van der Waals surface area (Å²) in [5.41, 5.74) is -0.211. The fourth-order valence-electron chi connectivity index (χ4n) is 2.42. The van der Waals surface area contributed by atoms with E-state index in [1.165, 1.54) is 6.07 Å². The molecule has 2 unspecified atom stereocenters. The van der Waals surface area contributed by atoms with Crippen molar-refractivity contribution >= 4 is 22.0 Å². The molecule has 5 nitrogen and oxygen atoms in total. The van der Waals surface area contributed by atoms with Gasteiger partial charge in [0.1, 0.15) is 12.7 Å². The molecule has 0 fully saturated rings. The highest BCUT2D eigenvalue weighted by Gasteiger charge is 2.34. The normalized spacial score (nSPS) is 13.6. The molecular formula is C19H19BrF3NO4. The average Bonchev–Trinajstić information content (AvgIpc) is 2.66. The van der Waals surface area contributed by atoms with Crippen molar-refractivity contribution in [2.24, 2.45) is 0 Å². The van der Waals surface area contributed by atoms with Gasteiger partial charge in [0, 0.05) is 11.0 Å². The van der Waals surface area contributed by atoms with Crippen LogP contribution in [0.1, 0.15) is 29.2 Å². The van der Waals surface area contributed by atoms with Gasteiger partial charge in [0.2, 0.25) is 0 Å². The van der Waals surface area contributed by atoms with Crippen molar-refractivity contribution in [2.75, 3.05) is 6.54 Å². The van der Waals surface area contributed by atoms with E-state index in [4.69, 9.17) is 4.74 Å². The Hall–Kier alpha value is -2.10. The van der Waals surface area contributed by atoms with Crippen molar-refractivity contribution in [3.05, 3.63) is 69.7 Å². The minimum atomic E-state index is -4.59. The fraction of sp³-hybridized carbons (Fsp3) is 0.316. The molecule has 9 heteroatoms. The summed E-state index contributed by atoms with van der Waals surface area (Å²) in [6.07, 6.45) is -8.26. The first-order valence-corrected chi connectivity index (χ1v) is 9.15. The standard InChI is InChI=1S/C19H19BrF3NO4/c20-15-7-6-13(10-14(15)19(21,22)23)17(26)16(25)8-9-24-18(27)28-11-12-4-2-1-3-5-12/h1-7,10,16-17,25-26H,8-9,11H2,(H,24,27). The molecule has 28 heavy (non-hydrogen) atoms. The Bertz CT molecular complexity index is 786. The number of carbonyl (C=O) groups excluding carboxylic acids is 1. The third-order valence-electron chi connectivity index (χ3n) is 3.92. The van der Waals surface area contributed by atoms with Crippen LogP contribution in [0, 0.1) is 0 Å². The van der Waals surface area contributed by atoms with Gasteiger partial charge in [-0.3, -0.25) is 0 Å². The lowest BCUT2D eigenvalue weighted by Crippen LogP contribution is -2.29. The summed E-state index contributed by atoms with van der Waals surface area (Å²) in [7, 11) is 0. The lowest BCUT2D eigenvalue weighted by atomic mass is 10.00. The molecule has 0 saturated carbocycles. The Morgan fingerprint density at radius 1 is 1.14 bits per heavy atom. The number of amides is 1. The smallest absolute Gasteiger partial charge is 0.417 e. The van der Waals surface area contributed by atoms with Crippen LogP contribution in [0.5, 0.6) is 0 Å².